The topological polar surface area (TPSA) is 50.4 Å². The molecule has 1 rings (SSSR count). The minimum atomic E-state index is 0.0648. The number of hydrogen-bond acceptors (Lipinski definition) is 3. The predicted octanol–water partition coefficient (Wildman–Crippen LogP) is 1.94. The Kier molecular flexibility index (Phi) is 6.80. The van der Waals surface area contributed by atoms with Gasteiger partial charge in [0.2, 0.25) is 5.91 Å². The minimum absolute atomic E-state index is 0.0648. The van der Waals surface area contributed by atoms with Gasteiger partial charge < -0.3 is 15.4 Å². The van der Waals surface area contributed by atoms with Crippen molar-refractivity contribution in [1.29, 1.82) is 0 Å². The molecule has 0 atom stereocenters. The maximum absolute atomic E-state index is 11.6. The number of amides is 1. The second kappa shape index (κ2) is 7.85. The minimum Gasteiger partial charge on any atom is -0.383 e. The van der Waals surface area contributed by atoms with Crippen molar-refractivity contribution in [2.45, 2.75) is 52.5 Å². The quantitative estimate of drug-likeness (QED) is 0.725. The zero-order valence-electron chi connectivity index (χ0n) is 12.9. The first-order valence-electron chi connectivity index (χ1n) is 7.42. The molecular formula is C15H30N2O2. The zero-order chi connectivity index (χ0) is 14.3. The van der Waals surface area contributed by atoms with E-state index in [1.807, 2.05) is 0 Å². The molecule has 2 N–H and O–H groups in total. The standard InChI is InChI=1S/C15H30N2O2/c1-15(2,3)12-5-7-13(8-6-12)17-11-14(18)16-9-10-19-4/h12-13,17H,5-11H2,1-4H3,(H,16,18). The third-order valence-corrected chi connectivity index (χ3v) is 4.13. The fourth-order valence-corrected chi connectivity index (χ4v) is 2.76. The van der Waals surface area contributed by atoms with Crippen LogP contribution in [0.15, 0.2) is 0 Å². The highest BCUT2D eigenvalue weighted by atomic mass is 16.5. The fourth-order valence-electron chi connectivity index (χ4n) is 2.76. The number of nitrogens with one attached hydrogen (secondary N) is 2. The average Bonchev–Trinajstić information content (AvgIpc) is 2.36. The van der Waals surface area contributed by atoms with Gasteiger partial charge >= 0.3 is 0 Å². The highest BCUT2D eigenvalue weighted by molar-refractivity contribution is 5.77. The van der Waals surface area contributed by atoms with Crippen LogP contribution in [0.5, 0.6) is 0 Å². The zero-order valence-corrected chi connectivity index (χ0v) is 12.9. The maximum Gasteiger partial charge on any atom is 0.234 e. The third kappa shape index (κ3) is 6.39. The average molecular weight is 270 g/mol. The summed E-state index contributed by atoms with van der Waals surface area (Å²) in [5, 5.41) is 6.20. The van der Waals surface area contributed by atoms with Gasteiger partial charge in [-0.15, -0.1) is 0 Å². The van der Waals surface area contributed by atoms with Crippen molar-refractivity contribution in [3.8, 4) is 0 Å². The van der Waals surface area contributed by atoms with E-state index in [0.29, 0.717) is 31.2 Å². The monoisotopic (exact) mass is 270 g/mol. The van der Waals surface area contributed by atoms with Gasteiger partial charge in [0.05, 0.1) is 13.2 Å². The van der Waals surface area contributed by atoms with Crippen molar-refractivity contribution < 1.29 is 9.53 Å². The molecule has 0 aliphatic heterocycles. The molecule has 1 amide bonds. The lowest BCUT2D eigenvalue weighted by Gasteiger charge is -2.37. The van der Waals surface area contributed by atoms with E-state index in [2.05, 4.69) is 31.4 Å². The molecule has 1 saturated carbocycles. The van der Waals surface area contributed by atoms with Gasteiger partial charge in [-0.3, -0.25) is 4.79 Å². The summed E-state index contributed by atoms with van der Waals surface area (Å²) in [6.45, 7) is 8.57. The van der Waals surface area contributed by atoms with Crippen molar-refractivity contribution in [1.82, 2.24) is 10.6 Å². The van der Waals surface area contributed by atoms with E-state index in [1.54, 1.807) is 7.11 Å². The van der Waals surface area contributed by atoms with E-state index in [4.69, 9.17) is 4.74 Å². The molecule has 4 heteroatoms. The summed E-state index contributed by atoms with van der Waals surface area (Å²) in [5.41, 5.74) is 0.419. The predicted molar refractivity (Wildman–Crippen MR) is 78.1 cm³/mol. The molecule has 0 saturated heterocycles. The highest BCUT2D eigenvalue weighted by Gasteiger charge is 2.29. The molecule has 0 bridgehead atoms. The van der Waals surface area contributed by atoms with Gasteiger partial charge in [-0.05, 0) is 37.0 Å². The van der Waals surface area contributed by atoms with Crippen molar-refractivity contribution in [2.75, 3.05) is 26.8 Å². The molecule has 1 aliphatic carbocycles. The summed E-state index contributed by atoms with van der Waals surface area (Å²) in [7, 11) is 1.64. The van der Waals surface area contributed by atoms with E-state index < -0.39 is 0 Å². The Bertz CT molecular complexity index is 266. The second-order valence-corrected chi connectivity index (χ2v) is 6.64. The molecule has 0 spiro atoms. The Balaban J connectivity index is 2.14. The van der Waals surface area contributed by atoms with Crippen LogP contribution in [-0.2, 0) is 9.53 Å². The number of carbonyl (C=O) groups is 1. The van der Waals surface area contributed by atoms with Crippen molar-refractivity contribution in [3.05, 3.63) is 0 Å². The summed E-state index contributed by atoms with van der Waals surface area (Å²) in [5.74, 6) is 0.885. The SMILES string of the molecule is COCCNC(=O)CNC1CCC(C(C)(C)C)CC1. The van der Waals surface area contributed by atoms with Crippen LogP contribution in [-0.4, -0.2) is 38.8 Å². The van der Waals surface area contributed by atoms with E-state index >= 15 is 0 Å². The smallest absolute Gasteiger partial charge is 0.234 e. The Morgan fingerprint density at radius 3 is 2.37 bits per heavy atom. The number of carbonyl (C=O) groups excluding carboxylic acids is 1. The molecule has 0 heterocycles. The maximum atomic E-state index is 11.6. The molecular weight excluding hydrogens is 240 g/mol. The third-order valence-electron chi connectivity index (χ3n) is 4.13. The normalized spacial score (nSPS) is 24.2. The van der Waals surface area contributed by atoms with E-state index in [9.17, 15) is 4.79 Å². The van der Waals surface area contributed by atoms with Gasteiger partial charge in [-0.2, -0.15) is 0 Å². The largest absolute Gasteiger partial charge is 0.383 e. The summed E-state index contributed by atoms with van der Waals surface area (Å²) >= 11 is 0. The molecule has 0 aromatic rings. The van der Waals surface area contributed by atoms with Crippen LogP contribution in [0.4, 0.5) is 0 Å². The first-order valence-corrected chi connectivity index (χ1v) is 7.42. The molecule has 0 unspecified atom stereocenters. The van der Waals surface area contributed by atoms with Crippen LogP contribution in [0.25, 0.3) is 0 Å². The van der Waals surface area contributed by atoms with E-state index in [-0.39, 0.29) is 5.91 Å². The highest BCUT2D eigenvalue weighted by Crippen LogP contribution is 2.37. The lowest BCUT2D eigenvalue weighted by atomic mass is 9.71. The Hall–Kier alpha value is -0.610. The van der Waals surface area contributed by atoms with Gasteiger partial charge in [-0.1, -0.05) is 20.8 Å². The van der Waals surface area contributed by atoms with Gasteiger partial charge in [0.25, 0.3) is 0 Å². The first kappa shape index (κ1) is 16.4. The molecule has 1 fully saturated rings. The summed E-state index contributed by atoms with van der Waals surface area (Å²) in [6, 6.07) is 0.506. The molecule has 4 nitrogen and oxygen atoms in total. The molecule has 0 radical (unpaired) electrons. The Labute approximate surface area is 117 Å². The van der Waals surface area contributed by atoms with Crippen LogP contribution < -0.4 is 10.6 Å². The number of hydrogen-bond donors (Lipinski definition) is 2. The summed E-state index contributed by atoms with van der Waals surface area (Å²) in [6.07, 6.45) is 4.92. The fraction of sp³-hybridized carbons (Fsp3) is 0.933. The molecule has 112 valence electrons. The van der Waals surface area contributed by atoms with Crippen LogP contribution in [0, 0.1) is 11.3 Å². The van der Waals surface area contributed by atoms with Crippen molar-refractivity contribution in [3.63, 3.8) is 0 Å². The van der Waals surface area contributed by atoms with Crippen LogP contribution in [0.1, 0.15) is 46.5 Å². The Morgan fingerprint density at radius 2 is 1.84 bits per heavy atom. The lowest BCUT2D eigenvalue weighted by Crippen LogP contribution is -2.42. The summed E-state index contributed by atoms with van der Waals surface area (Å²) in [4.78, 5) is 11.6. The molecule has 0 aromatic carbocycles. The molecule has 0 aromatic heterocycles. The number of rotatable bonds is 6. The first-order chi connectivity index (χ1) is 8.93. The number of methoxy groups -OCH3 is 1. The lowest BCUT2D eigenvalue weighted by molar-refractivity contribution is -0.120. The van der Waals surface area contributed by atoms with Crippen molar-refractivity contribution in [2.24, 2.45) is 11.3 Å². The van der Waals surface area contributed by atoms with Crippen molar-refractivity contribution >= 4 is 5.91 Å². The number of ether oxygens (including phenoxy) is 1. The van der Waals surface area contributed by atoms with E-state index in [0.717, 1.165) is 5.92 Å². The van der Waals surface area contributed by atoms with Gasteiger partial charge in [0, 0.05) is 19.7 Å². The van der Waals surface area contributed by atoms with Gasteiger partial charge in [0.15, 0.2) is 0 Å². The van der Waals surface area contributed by atoms with Crippen LogP contribution >= 0.6 is 0 Å². The second-order valence-electron chi connectivity index (χ2n) is 6.64. The van der Waals surface area contributed by atoms with Gasteiger partial charge in [0.1, 0.15) is 0 Å². The molecule has 19 heavy (non-hydrogen) atoms. The Morgan fingerprint density at radius 1 is 1.21 bits per heavy atom. The van der Waals surface area contributed by atoms with Gasteiger partial charge in [-0.25, -0.2) is 0 Å². The van der Waals surface area contributed by atoms with Crippen LogP contribution in [0.3, 0.4) is 0 Å². The van der Waals surface area contributed by atoms with Crippen LogP contribution in [0.2, 0.25) is 0 Å². The van der Waals surface area contributed by atoms with E-state index in [1.165, 1.54) is 25.7 Å². The molecule has 1 aliphatic rings. The summed E-state index contributed by atoms with van der Waals surface area (Å²) < 4.78 is 4.90.